The molecule has 0 saturated heterocycles. The molecule has 0 atom stereocenters. The number of methoxy groups -OCH3 is 1. The molecule has 0 radical (unpaired) electrons. The Balaban J connectivity index is 2.66. The van der Waals surface area contributed by atoms with Crippen molar-refractivity contribution in [3.63, 3.8) is 0 Å². The monoisotopic (exact) mass is 374 g/mol. The van der Waals surface area contributed by atoms with Crippen molar-refractivity contribution in [1.29, 1.82) is 5.26 Å². The van der Waals surface area contributed by atoms with E-state index in [1.807, 2.05) is 0 Å². The van der Waals surface area contributed by atoms with Crippen molar-refractivity contribution in [1.82, 2.24) is 4.98 Å². The molecule has 0 N–H and O–H groups in total. The average Bonchev–Trinajstić information content (AvgIpc) is 2.53. The van der Waals surface area contributed by atoms with Crippen LogP contribution in [0.2, 0.25) is 10.0 Å². The average molecular weight is 375 g/mol. The van der Waals surface area contributed by atoms with E-state index in [1.54, 1.807) is 0 Å². The van der Waals surface area contributed by atoms with Gasteiger partial charge in [-0.1, -0.05) is 23.2 Å². The van der Waals surface area contributed by atoms with Crippen LogP contribution in [-0.2, 0) is 10.9 Å². The van der Waals surface area contributed by atoms with Crippen LogP contribution >= 0.6 is 23.2 Å². The van der Waals surface area contributed by atoms with Crippen LogP contribution < -0.4 is 0 Å². The molecule has 0 saturated carbocycles. The van der Waals surface area contributed by atoms with Gasteiger partial charge in [0.25, 0.3) is 0 Å². The number of rotatable bonds is 2. The number of ether oxygens (including phenoxy) is 1. The Morgan fingerprint density at radius 3 is 2.46 bits per heavy atom. The molecule has 0 unspecified atom stereocenters. The zero-order valence-corrected chi connectivity index (χ0v) is 13.4. The van der Waals surface area contributed by atoms with Gasteiger partial charge in [-0.05, 0) is 24.3 Å². The van der Waals surface area contributed by atoms with Crippen LogP contribution in [-0.4, -0.2) is 18.1 Å². The van der Waals surface area contributed by atoms with Gasteiger partial charge in [-0.25, -0.2) is 9.78 Å². The summed E-state index contributed by atoms with van der Waals surface area (Å²) in [4.78, 5) is 15.6. The first-order valence-electron chi connectivity index (χ1n) is 6.25. The lowest BCUT2D eigenvalue weighted by molar-refractivity contribution is -0.137. The molecule has 4 nitrogen and oxygen atoms in total. The van der Waals surface area contributed by atoms with Gasteiger partial charge in [0.2, 0.25) is 0 Å². The number of nitrogens with zero attached hydrogens (tertiary/aromatic N) is 2. The molecule has 1 aromatic heterocycles. The van der Waals surface area contributed by atoms with E-state index in [2.05, 4.69) is 9.72 Å². The van der Waals surface area contributed by atoms with Gasteiger partial charge in [0.05, 0.1) is 40.0 Å². The van der Waals surface area contributed by atoms with Gasteiger partial charge in [0, 0.05) is 5.56 Å². The second-order valence-electron chi connectivity index (χ2n) is 4.51. The largest absolute Gasteiger partial charge is 0.464 e. The molecule has 0 aliphatic heterocycles. The third kappa shape index (κ3) is 3.45. The highest BCUT2D eigenvalue weighted by atomic mass is 35.5. The zero-order chi connectivity index (χ0) is 18.1. The predicted molar refractivity (Wildman–Crippen MR) is 80.7 cm³/mol. The molecule has 1 aromatic carbocycles. The van der Waals surface area contributed by atoms with Gasteiger partial charge >= 0.3 is 12.1 Å². The lowest BCUT2D eigenvalue weighted by Gasteiger charge is -2.12. The first-order chi connectivity index (χ1) is 11.2. The number of aromatic nitrogens is 1. The van der Waals surface area contributed by atoms with Crippen LogP contribution in [0.5, 0.6) is 0 Å². The Morgan fingerprint density at radius 2 is 1.92 bits per heavy atom. The molecule has 1 heterocycles. The lowest BCUT2D eigenvalue weighted by atomic mass is 10.0. The number of alkyl halides is 3. The maximum atomic E-state index is 12.9. The quantitative estimate of drug-likeness (QED) is 0.712. The van der Waals surface area contributed by atoms with Crippen LogP contribution in [0.15, 0.2) is 24.3 Å². The lowest BCUT2D eigenvalue weighted by Crippen LogP contribution is -2.09. The number of benzene rings is 1. The van der Waals surface area contributed by atoms with Crippen molar-refractivity contribution in [2.75, 3.05) is 7.11 Å². The van der Waals surface area contributed by atoms with E-state index in [0.29, 0.717) is 6.07 Å². The van der Waals surface area contributed by atoms with Crippen molar-refractivity contribution in [3.8, 4) is 17.3 Å². The molecule has 0 fully saturated rings. The highest BCUT2D eigenvalue weighted by Gasteiger charge is 2.34. The van der Waals surface area contributed by atoms with E-state index in [0.717, 1.165) is 13.2 Å². The fraction of sp³-hybridized carbons (Fsp3) is 0.133. The minimum atomic E-state index is -4.72. The zero-order valence-electron chi connectivity index (χ0n) is 11.9. The number of esters is 1. The van der Waals surface area contributed by atoms with E-state index in [1.165, 1.54) is 18.2 Å². The SMILES string of the molecule is COC(=O)c1nc(-c2cc(C#N)c(C(F)(F)F)cc2Cl)ccc1Cl. The third-order valence-electron chi connectivity index (χ3n) is 3.03. The maximum absolute atomic E-state index is 12.9. The summed E-state index contributed by atoms with van der Waals surface area (Å²) in [5, 5.41) is 8.70. The standard InChI is InChI=1S/C15H7Cl2F3N2O2/c1-24-14(23)13-10(16)2-3-12(22-13)8-4-7(6-21)9(5-11(8)17)15(18,19)20/h2-5H,1H3. The third-order valence-corrected chi connectivity index (χ3v) is 3.65. The summed E-state index contributed by atoms with van der Waals surface area (Å²) >= 11 is 11.7. The molecule has 0 bridgehead atoms. The van der Waals surface area contributed by atoms with E-state index in [-0.39, 0.29) is 27.0 Å². The Labute approximate surface area is 144 Å². The van der Waals surface area contributed by atoms with E-state index in [9.17, 15) is 18.0 Å². The molecule has 0 amide bonds. The molecular formula is C15H7Cl2F3N2O2. The fourth-order valence-electron chi connectivity index (χ4n) is 1.93. The van der Waals surface area contributed by atoms with Gasteiger partial charge in [0.1, 0.15) is 0 Å². The van der Waals surface area contributed by atoms with Gasteiger partial charge in [-0.2, -0.15) is 18.4 Å². The van der Waals surface area contributed by atoms with E-state index in [4.69, 9.17) is 28.5 Å². The van der Waals surface area contributed by atoms with Crippen LogP contribution in [0.3, 0.4) is 0 Å². The van der Waals surface area contributed by atoms with Gasteiger partial charge in [0.15, 0.2) is 5.69 Å². The summed E-state index contributed by atoms with van der Waals surface area (Å²) in [5.74, 6) is -0.814. The normalized spacial score (nSPS) is 11.0. The first kappa shape index (κ1) is 18.0. The second-order valence-corrected chi connectivity index (χ2v) is 5.32. The molecule has 24 heavy (non-hydrogen) atoms. The summed E-state index contributed by atoms with van der Waals surface area (Å²) in [6.45, 7) is 0. The highest BCUT2D eigenvalue weighted by molar-refractivity contribution is 6.34. The molecule has 9 heteroatoms. The number of nitriles is 1. The summed E-state index contributed by atoms with van der Waals surface area (Å²) < 4.78 is 43.3. The Morgan fingerprint density at radius 1 is 1.25 bits per heavy atom. The van der Waals surface area contributed by atoms with Crippen molar-refractivity contribution in [3.05, 3.63) is 51.1 Å². The Bertz CT molecular complexity index is 861. The fourth-order valence-corrected chi connectivity index (χ4v) is 2.37. The maximum Gasteiger partial charge on any atom is 0.417 e. The minimum Gasteiger partial charge on any atom is -0.464 e. The van der Waals surface area contributed by atoms with Crippen LogP contribution in [0.4, 0.5) is 13.2 Å². The van der Waals surface area contributed by atoms with E-state index >= 15 is 0 Å². The number of pyridine rings is 1. The predicted octanol–water partition coefficient (Wildman–Crippen LogP) is 4.73. The number of carbonyl (C=O) groups excluding carboxylic acids is 1. The van der Waals surface area contributed by atoms with Gasteiger partial charge in [-0.15, -0.1) is 0 Å². The van der Waals surface area contributed by atoms with Crippen LogP contribution in [0, 0.1) is 11.3 Å². The summed E-state index contributed by atoms with van der Waals surface area (Å²) in [5.41, 5.74) is -1.84. The molecule has 0 spiro atoms. The van der Waals surface area contributed by atoms with Crippen LogP contribution in [0.25, 0.3) is 11.3 Å². The summed E-state index contributed by atoms with van der Waals surface area (Å²) in [6.07, 6.45) is -4.72. The minimum absolute atomic E-state index is 0.00846. The van der Waals surface area contributed by atoms with Crippen molar-refractivity contribution in [2.45, 2.75) is 6.18 Å². The number of hydrogen-bond acceptors (Lipinski definition) is 4. The Hall–Kier alpha value is -2.30. The van der Waals surface area contributed by atoms with Crippen LogP contribution in [0.1, 0.15) is 21.6 Å². The molecule has 0 aliphatic carbocycles. The molecule has 2 rings (SSSR count). The summed E-state index contributed by atoms with van der Waals surface area (Å²) in [7, 11) is 1.13. The second kappa shape index (κ2) is 6.67. The van der Waals surface area contributed by atoms with Crippen molar-refractivity contribution in [2.24, 2.45) is 0 Å². The van der Waals surface area contributed by atoms with Gasteiger partial charge < -0.3 is 4.74 Å². The molecule has 0 aliphatic rings. The van der Waals surface area contributed by atoms with Gasteiger partial charge in [-0.3, -0.25) is 0 Å². The van der Waals surface area contributed by atoms with Crippen molar-refractivity contribution < 1.29 is 22.7 Å². The summed E-state index contributed by atoms with van der Waals surface area (Å²) in [6, 6.07) is 5.77. The number of carbonyl (C=O) groups is 1. The van der Waals surface area contributed by atoms with Crippen molar-refractivity contribution >= 4 is 29.2 Å². The highest BCUT2D eigenvalue weighted by Crippen LogP contribution is 2.38. The molecule has 124 valence electrons. The van der Waals surface area contributed by atoms with E-state index < -0.39 is 23.3 Å². The smallest absolute Gasteiger partial charge is 0.417 e. The number of hydrogen-bond donors (Lipinski definition) is 0. The molecule has 2 aromatic rings. The topological polar surface area (TPSA) is 63.0 Å². The number of halogens is 5. The first-order valence-corrected chi connectivity index (χ1v) is 7.00. The Kier molecular flexibility index (Phi) is 5.02. The molecular weight excluding hydrogens is 368 g/mol.